The maximum absolute atomic E-state index is 9.11. The minimum atomic E-state index is 0.0599. The summed E-state index contributed by atoms with van der Waals surface area (Å²) in [7, 11) is 0. The molecule has 0 aliphatic rings. The first kappa shape index (κ1) is 7.88. The zero-order chi connectivity index (χ0) is 8.27. The molecule has 3 nitrogen and oxygen atoms in total. The molecule has 0 bridgehead atoms. The zero-order valence-corrected chi connectivity index (χ0v) is 6.33. The summed E-state index contributed by atoms with van der Waals surface area (Å²) in [6.07, 6.45) is 0.884. The predicted molar refractivity (Wildman–Crippen MR) is 42.9 cm³/mol. The van der Waals surface area contributed by atoms with Gasteiger partial charge in [0.1, 0.15) is 11.4 Å². The Labute approximate surface area is 65.3 Å². The van der Waals surface area contributed by atoms with E-state index in [9.17, 15) is 0 Å². The summed E-state index contributed by atoms with van der Waals surface area (Å²) in [6, 6.07) is 5.07. The fourth-order valence-corrected chi connectivity index (χ4v) is 0.893. The lowest BCUT2D eigenvalue weighted by molar-refractivity contribution is 0.381. The lowest BCUT2D eigenvalue weighted by Gasteiger charge is -2.03. The van der Waals surface area contributed by atoms with E-state index in [0.717, 1.165) is 12.0 Å². The van der Waals surface area contributed by atoms with Crippen LogP contribution in [-0.2, 0) is 6.42 Å². The van der Waals surface area contributed by atoms with E-state index in [4.69, 9.17) is 10.3 Å². The van der Waals surface area contributed by atoms with Gasteiger partial charge >= 0.3 is 0 Å². The first-order valence-electron chi connectivity index (χ1n) is 3.50. The Morgan fingerprint density at radius 1 is 1.45 bits per heavy atom. The van der Waals surface area contributed by atoms with E-state index in [1.807, 2.05) is 18.5 Å². The van der Waals surface area contributed by atoms with Crippen LogP contribution in [0.3, 0.4) is 0 Å². The molecule has 3 N–H and O–H groups in total. The summed E-state index contributed by atoms with van der Waals surface area (Å²) in [5.74, 6) is 0.0599. The molecule has 11 heavy (non-hydrogen) atoms. The summed E-state index contributed by atoms with van der Waals surface area (Å²) in [5.41, 5.74) is 3.34. The van der Waals surface area contributed by atoms with Crippen molar-refractivity contribution in [1.29, 1.82) is 0 Å². The third-order valence-electron chi connectivity index (χ3n) is 1.59. The highest BCUT2D eigenvalue weighted by Crippen LogP contribution is 2.23. The van der Waals surface area contributed by atoms with E-state index in [2.05, 4.69) is 0 Å². The molecule has 0 atom stereocenters. The first-order chi connectivity index (χ1) is 5.27. The van der Waals surface area contributed by atoms with Crippen molar-refractivity contribution in [3.8, 4) is 5.75 Å². The third-order valence-corrected chi connectivity index (χ3v) is 1.59. The molecule has 0 heterocycles. The van der Waals surface area contributed by atoms with Gasteiger partial charge in [0.05, 0.1) is 0 Å². The monoisotopic (exact) mass is 153 g/mol. The van der Waals surface area contributed by atoms with Crippen LogP contribution in [0.5, 0.6) is 5.75 Å². The summed E-state index contributed by atoms with van der Waals surface area (Å²) in [5, 5.41) is 17.6. The van der Waals surface area contributed by atoms with Gasteiger partial charge in [0.15, 0.2) is 0 Å². The fraction of sp³-hybridized carbons (Fsp3) is 0.250. The molecule has 1 rings (SSSR count). The zero-order valence-electron chi connectivity index (χ0n) is 6.33. The smallest absolute Gasteiger partial charge is 0.140 e. The van der Waals surface area contributed by atoms with Crippen LogP contribution in [-0.4, -0.2) is 10.3 Å². The summed E-state index contributed by atoms with van der Waals surface area (Å²) in [4.78, 5) is 0. The van der Waals surface area contributed by atoms with Crippen molar-refractivity contribution in [2.75, 3.05) is 5.48 Å². The van der Waals surface area contributed by atoms with E-state index < -0.39 is 0 Å². The fourth-order valence-electron chi connectivity index (χ4n) is 0.893. The number of phenolic OH excluding ortho intramolecular Hbond substituents is 1. The molecule has 0 radical (unpaired) electrons. The molecule has 0 aliphatic heterocycles. The summed E-state index contributed by atoms with van der Waals surface area (Å²) < 4.78 is 0. The first-order valence-corrected chi connectivity index (χ1v) is 3.50. The highest BCUT2D eigenvalue weighted by atomic mass is 16.5. The van der Waals surface area contributed by atoms with E-state index in [1.54, 1.807) is 12.1 Å². The average Bonchev–Trinajstić information content (AvgIpc) is 2.05. The number of nitrogens with one attached hydrogen (secondary N) is 1. The molecule has 0 aromatic heterocycles. The Morgan fingerprint density at radius 3 is 2.73 bits per heavy atom. The van der Waals surface area contributed by atoms with Gasteiger partial charge in [0.2, 0.25) is 0 Å². The lowest BCUT2D eigenvalue weighted by Crippen LogP contribution is -1.90. The minimum absolute atomic E-state index is 0.0599. The van der Waals surface area contributed by atoms with Crippen LogP contribution < -0.4 is 5.48 Å². The Balaban J connectivity index is 3.02. The van der Waals surface area contributed by atoms with Gasteiger partial charge in [0, 0.05) is 0 Å². The highest BCUT2D eigenvalue weighted by Gasteiger charge is 1.98. The normalized spacial score (nSPS) is 9.64. The van der Waals surface area contributed by atoms with Crippen LogP contribution in [0.2, 0.25) is 0 Å². The van der Waals surface area contributed by atoms with Gasteiger partial charge in [-0.2, -0.15) is 0 Å². The third kappa shape index (κ3) is 1.62. The van der Waals surface area contributed by atoms with Crippen LogP contribution in [0.25, 0.3) is 0 Å². The number of anilines is 1. The topological polar surface area (TPSA) is 52.5 Å². The van der Waals surface area contributed by atoms with Crippen molar-refractivity contribution in [3.63, 3.8) is 0 Å². The molecule has 1 aromatic carbocycles. The number of aryl methyl sites for hydroxylation is 1. The minimum Gasteiger partial charge on any atom is -0.506 e. The average molecular weight is 153 g/mol. The molecule has 0 saturated heterocycles. The number of rotatable bonds is 2. The maximum atomic E-state index is 9.11. The van der Waals surface area contributed by atoms with Crippen molar-refractivity contribution in [2.45, 2.75) is 13.3 Å². The Kier molecular flexibility index (Phi) is 2.33. The Hall–Kier alpha value is -1.22. The maximum Gasteiger partial charge on any atom is 0.140 e. The molecular formula is C8H11NO2. The molecule has 0 spiro atoms. The van der Waals surface area contributed by atoms with Gasteiger partial charge in [-0.15, -0.1) is 0 Å². The molecule has 3 heteroatoms. The largest absolute Gasteiger partial charge is 0.506 e. The molecular weight excluding hydrogens is 142 g/mol. The van der Waals surface area contributed by atoms with Gasteiger partial charge in [-0.05, 0) is 24.1 Å². The van der Waals surface area contributed by atoms with Crippen LogP contribution in [0.4, 0.5) is 5.69 Å². The van der Waals surface area contributed by atoms with Gasteiger partial charge < -0.3 is 5.11 Å². The van der Waals surface area contributed by atoms with Gasteiger partial charge in [-0.3, -0.25) is 10.7 Å². The van der Waals surface area contributed by atoms with Crippen molar-refractivity contribution < 1.29 is 10.3 Å². The van der Waals surface area contributed by atoms with Crippen LogP contribution in [0.1, 0.15) is 12.5 Å². The number of benzene rings is 1. The van der Waals surface area contributed by atoms with Crippen LogP contribution in [0, 0.1) is 0 Å². The molecule has 60 valence electrons. The quantitative estimate of drug-likeness (QED) is 0.448. The lowest BCUT2D eigenvalue weighted by atomic mass is 10.1. The van der Waals surface area contributed by atoms with E-state index in [0.29, 0.717) is 5.69 Å². The van der Waals surface area contributed by atoms with E-state index >= 15 is 0 Å². The van der Waals surface area contributed by atoms with Crippen LogP contribution >= 0.6 is 0 Å². The van der Waals surface area contributed by atoms with E-state index in [1.165, 1.54) is 0 Å². The van der Waals surface area contributed by atoms with Gasteiger partial charge in [-0.1, -0.05) is 13.0 Å². The predicted octanol–water partition coefficient (Wildman–Crippen LogP) is 1.76. The molecule has 0 aliphatic carbocycles. The molecule has 0 fully saturated rings. The van der Waals surface area contributed by atoms with Crippen molar-refractivity contribution in [3.05, 3.63) is 23.8 Å². The van der Waals surface area contributed by atoms with E-state index in [-0.39, 0.29) is 5.75 Å². The number of hydrogen-bond donors (Lipinski definition) is 3. The summed E-state index contributed by atoms with van der Waals surface area (Å²) >= 11 is 0. The summed E-state index contributed by atoms with van der Waals surface area (Å²) in [6.45, 7) is 2.01. The van der Waals surface area contributed by atoms with Gasteiger partial charge in [0.25, 0.3) is 0 Å². The van der Waals surface area contributed by atoms with Gasteiger partial charge in [-0.25, -0.2) is 0 Å². The van der Waals surface area contributed by atoms with Crippen molar-refractivity contribution >= 4 is 5.69 Å². The second kappa shape index (κ2) is 3.25. The molecule has 0 amide bonds. The second-order valence-corrected chi connectivity index (χ2v) is 2.32. The Bertz CT molecular complexity index is 248. The standard InChI is InChI=1S/C8H11NO2/c1-2-6-3-4-8(10)7(5-6)9-11/h3-5,9-11H,2H2,1H3. The molecule has 1 aromatic rings. The number of phenols is 1. The van der Waals surface area contributed by atoms with Crippen molar-refractivity contribution in [1.82, 2.24) is 0 Å². The number of aromatic hydroxyl groups is 1. The van der Waals surface area contributed by atoms with Crippen LogP contribution in [0.15, 0.2) is 18.2 Å². The second-order valence-electron chi connectivity index (χ2n) is 2.32. The highest BCUT2D eigenvalue weighted by molar-refractivity contribution is 5.55. The molecule has 0 saturated carbocycles. The Morgan fingerprint density at radius 2 is 2.18 bits per heavy atom. The van der Waals surface area contributed by atoms with Crippen molar-refractivity contribution in [2.24, 2.45) is 0 Å². The molecule has 0 unspecified atom stereocenters. The number of hydrogen-bond acceptors (Lipinski definition) is 3. The SMILES string of the molecule is CCc1ccc(O)c(NO)c1.